The van der Waals surface area contributed by atoms with Crippen molar-refractivity contribution < 1.29 is 32.9 Å². The van der Waals surface area contributed by atoms with Crippen LogP contribution < -0.4 is 19.1 Å². The average Bonchev–Trinajstić information content (AvgIpc) is 2.91. The Morgan fingerprint density at radius 1 is 0.974 bits per heavy atom. The number of amides is 1. The van der Waals surface area contributed by atoms with Gasteiger partial charge in [0.05, 0.1) is 7.11 Å². The molecule has 2 unspecified atom stereocenters. The van der Waals surface area contributed by atoms with Crippen LogP contribution >= 0.6 is 15.9 Å². The Morgan fingerprint density at radius 2 is 1.55 bits per heavy atom. The molecular formula is C27H28BrN2O7S-. The fourth-order valence-corrected chi connectivity index (χ4v) is 4.68. The highest BCUT2D eigenvalue weighted by Gasteiger charge is 2.26. The van der Waals surface area contributed by atoms with Gasteiger partial charge in [0.15, 0.2) is 6.61 Å². The molecule has 0 aliphatic carbocycles. The molecule has 11 heteroatoms. The molecule has 3 aromatic carbocycles. The third-order valence-electron chi connectivity index (χ3n) is 5.68. The topological polar surface area (TPSA) is 128 Å². The lowest BCUT2D eigenvalue weighted by Crippen LogP contribution is -2.42. The molecule has 1 amide bonds. The number of unbranched alkanes of at least 4 members (excludes halogenated alkanes) is 1. The van der Waals surface area contributed by atoms with E-state index in [9.17, 15) is 23.5 Å². The van der Waals surface area contributed by atoms with Gasteiger partial charge in [-0.3, -0.25) is 13.3 Å². The lowest BCUT2D eigenvalue weighted by molar-refractivity contribution is -0.138. The van der Waals surface area contributed by atoms with Crippen molar-refractivity contribution in [3.8, 4) is 22.6 Å². The molecule has 0 radical (unpaired) electrons. The van der Waals surface area contributed by atoms with E-state index in [-0.39, 0.29) is 24.6 Å². The van der Waals surface area contributed by atoms with E-state index in [4.69, 9.17) is 9.47 Å². The molecule has 0 bridgehead atoms. The smallest absolute Gasteiger partial charge is 0.327 e. The summed E-state index contributed by atoms with van der Waals surface area (Å²) in [7, 11) is 1.56. The number of anilines is 1. The molecule has 0 aliphatic heterocycles. The largest absolute Gasteiger partial charge is 0.755 e. The monoisotopic (exact) mass is 603 g/mol. The van der Waals surface area contributed by atoms with Crippen molar-refractivity contribution in [2.75, 3.05) is 24.6 Å². The van der Waals surface area contributed by atoms with Gasteiger partial charge in [-0.05, 0) is 78.9 Å². The Bertz CT molecular complexity index is 1220. The maximum atomic E-state index is 12.0. The Labute approximate surface area is 232 Å². The zero-order chi connectivity index (χ0) is 27.5. The number of halogens is 1. The third kappa shape index (κ3) is 8.57. The molecule has 202 valence electrons. The van der Waals surface area contributed by atoms with Crippen LogP contribution in [0, 0.1) is 0 Å². The standard InChI is InChI=1S/C27H29BrN2O7S/c1-36-23-13-15-24(16-14-23)37-18-26(31)29-17-3-2-4-25(27(32)33)30(38(34)35)22-11-7-20(8-12-22)19-5-9-21(28)10-6-19/h5-16,25H,2-4,17-18H2,1H3,(H,29,31)(H,32,33)(H,34,35)/p-1. The molecule has 0 fully saturated rings. The highest BCUT2D eigenvalue weighted by Crippen LogP contribution is 2.27. The van der Waals surface area contributed by atoms with Gasteiger partial charge in [0.1, 0.15) is 17.5 Å². The van der Waals surface area contributed by atoms with E-state index in [1.807, 2.05) is 24.3 Å². The van der Waals surface area contributed by atoms with Crippen molar-refractivity contribution in [3.05, 3.63) is 77.3 Å². The van der Waals surface area contributed by atoms with Crippen LogP contribution in [0.4, 0.5) is 5.69 Å². The first-order chi connectivity index (χ1) is 18.3. The number of nitrogens with one attached hydrogen (secondary N) is 1. The number of aliphatic carboxylic acids is 1. The van der Waals surface area contributed by atoms with Crippen molar-refractivity contribution in [3.63, 3.8) is 0 Å². The number of carbonyl (C=O) groups is 2. The van der Waals surface area contributed by atoms with Gasteiger partial charge in [-0.25, -0.2) is 4.79 Å². The van der Waals surface area contributed by atoms with E-state index in [2.05, 4.69) is 21.2 Å². The molecular weight excluding hydrogens is 576 g/mol. The lowest BCUT2D eigenvalue weighted by atomic mass is 10.0. The zero-order valence-electron chi connectivity index (χ0n) is 20.7. The van der Waals surface area contributed by atoms with Crippen LogP contribution in [0.15, 0.2) is 77.3 Å². The molecule has 3 aromatic rings. The summed E-state index contributed by atoms with van der Waals surface area (Å²) in [6.45, 7) is 0.142. The molecule has 0 heterocycles. The molecule has 3 rings (SSSR count). The third-order valence-corrected chi connectivity index (χ3v) is 7.00. The number of rotatable bonds is 14. The van der Waals surface area contributed by atoms with Crippen LogP contribution in [0.25, 0.3) is 11.1 Å². The summed E-state index contributed by atoms with van der Waals surface area (Å²) in [5.41, 5.74) is 2.08. The van der Waals surface area contributed by atoms with Gasteiger partial charge in [0, 0.05) is 28.0 Å². The Hall–Kier alpha value is -3.41. The number of carboxylic acid groups (broad SMARTS) is 1. The Kier molecular flexibility index (Phi) is 11.1. The van der Waals surface area contributed by atoms with Crippen LogP contribution in [0.1, 0.15) is 19.3 Å². The summed E-state index contributed by atoms with van der Waals surface area (Å²) in [6, 6.07) is 19.9. The number of hydrogen-bond acceptors (Lipinski definition) is 6. The van der Waals surface area contributed by atoms with Gasteiger partial charge >= 0.3 is 5.97 Å². The van der Waals surface area contributed by atoms with Crippen LogP contribution in [0.3, 0.4) is 0 Å². The summed E-state index contributed by atoms with van der Waals surface area (Å²) in [5, 5.41) is 12.5. The normalized spacial score (nSPS) is 12.3. The molecule has 0 aromatic heterocycles. The minimum Gasteiger partial charge on any atom is -0.755 e. The fraction of sp³-hybridized carbons (Fsp3) is 0.259. The van der Waals surface area contributed by atoms with Crippen molar-refractivity contribution >= 4 is 44.8 Å². The fourth-order valence-electron chi connectivity index (χ4n) is 3.72. The van der Waals surface area contributed by atoms with E-state index in [0.29, 0.717) is 30.9 Å². The second-order valence-electron chi connectivity index (χ2n) is 8.26. The molecule has 38 heavy (non-hydrogen) atoms. The van der Waals surface area contributed by atoms with Gasteiger partial charge in [-0.1, -0.05) is 40.2 Å². The number of methoxy groups -OCH3 is 1. The molecule has 0 aliphatic rings. The minimum atomic E-state index is -2.79. The molecule has 0 saturated heterocycles. The number of nitrogens with zero attached hydrogens (tertiary/aromatic N) is 1. The number of ether oxygens (including phenoxy) is 2. The molecule has 2 N–H and O–H groups in total. The quantitative estimate of drug-likeness (QED) is 0.204. The zero-order valence-corrected chi connectivity index (χ0v) is 23.1. The maximum absolute atomic E-state index is 12.0. The van der Waals surface area contributed by atoms with Gasteiger partial charge in [0.2, 0.25) is 0 Å². The van der Waals surface area contributed by atoms with Gasteiger partial charge < -0.3 is 24.4 Å². The van der Waals surface area contributed by atoms with Crippen molar-refractivity contribution in [2.45, 2.75) is 25.3 Å². The van der Waals surface area contributed by atoms with Crippen LogP contribution in [0.5, 0.6) is 11.5 Å². The van der Waals surface area contributed by atoms with Gasteiger partial charge in [-0.15, -0.1) is 0 Å². The first kappa shape index (κ1) is 29.2. The van der Waals surface area contributed by atoms with Crippen molar-refractivity contribution in [1.82, 2.24) is 5.32 Å². The lowest BCUT2D eigenvalue weighted by Gasteiger charge is -2.32. The second-order valence-corrected chi connectivity index (χ2v) is 10.0. The van der Waals surface area contributed by atoms with E-state index < -0.39 is 23.3 Å². The molecule has 0 spiro atoms. The SMILES string of the molecule is COc1ccc(OCC(=O)NCCCCC(C(=O)O)N(c2ccc(-c3ccc(Br)cc3)cc2)S(=O)[O-])cc1. The second kappa shape index (κ2) is 14.5. The van der Waals surface area contributed by atoms with Gasteiger partial charge in [0.25, 0.3) is 5.91 Å². The predicted molar refractivity (Wildman–Crippen MR) is 148 cm³/mol. The van der Waals surface area contributed by atoms with E-state index in [0.717, 1.165) is 19.9 Å². The molecule has 0 saturated carbocycles. The Morgan fingerprint density at radius 3 is 2.11 bits per heavy atom. The highest BCUT2D eigenvalue weighted by atomic mass is 79.9. The first-order valence-electron chi connectivity index (χ1n) is 11.8. The highest BCUT2D eigenvalue weighted by molar-refractivity contribution is 9.10. The van der Waals surface area contributed by atoms with E-state index >= 15 is 0 Å². The molecule has 2 atom stereocenters. The number of carboxylic acids is 1. The van der Waals surface area contributed by atoms with Gasteiger partial charge in [-0.2, -0.15) is 0 Å². The summed E-state index contributed by atoms with van der Waals surface area (Å²) >= 11 is 0.596. The van der Waals surface area contributed by atoms with E-state index in [1.54, 1.807) is 55.6 Å². The van der Waals surface area contributed by atoms with Crippen LogP contribution in [-0.4, -0.2) is 52.0 Å². The van der Waals surface area contributed by atoms with Crippen LogP contribution in [-0.2, 0) is 20.9 Å². The minimum absolute atomic E-state index is 0.0794. The number of carbonyl (C=O) groups excluding carboxylic acids is 1. The first-order valence-corrected chi connectivity index (χ1v) is 13.6. The summed E-state index contributed by atoms with van der Waals surface area (Å²) < 4.78 is 36.3. The number of hydrogen-bond donors (Lipinski definition) is 2. The summed E-state index contributed by atoms with van der Waals surface area (Å²) in [5.74, 6) is -0.355. The Balaban J connectivity index is 1.50. The predicted octanol–water partition coefficient (Wildman–Crippen LogP) is 4.54. The van der Waals surface area contributed by atoms with Crippen LogP contribution in [0.2, 0.25) is 0 Å². The summed E-state index contributed by atoms with van der Waals surface area (Å²) in [4.78, 5) is 24.0. The average molecular weight is 604 g/mol. The summed E-state index contributed by atoms with van der Waals surface area (Å²) in [6.07, 6.45) is 0.942. The van der Waals surface area contributed by atoms with E-state index in [1.165, 1.54) is 0 Å². The molecule has 9 nitrogen and oxygen atoms in total. The van der Waals surface area contributed by atoms with Crippen molar-refractivity contribution in [2.24, 2.45) is 0 Å². The number of benzene rings is 3. The van der Waals surface area contributed by atoms with Crippen molar-refractivity contribution in [1.29, 1.82) is 0 Å². The maximum Gasteiger partial charge on any atom is 0.327 e.